The Morgan fingerprint density at radius 1 is 1.03 bits per heavy atom. The molecule has 178 valence electrons. The monoisotopic (exact) mass is 490 g/mol. The van der Waals surface area contributed by atoms with Crippen LogP contribution < -0.4 is 5.32 Å². The summed E-state index contributed by atoms with van der Waals surface area (Å²) < 4.78 is 39.6. The molecule has 1 saturated heterocycles. The van der Waals surface area contributed by atoms with Gasteiger partial charge in [-0.2, -0.15) is 13.2 Å². The molecule has 34 heavy (non-hydrogen) atoms. The lowest BCUT2D eigenvalue weighted by molar-refractivity contribution is -0.147. The summed E-state index contributed by atoms with van der Waals surface area (Å²) in [6.07, 6.45) is -1.92. The predicted octanol–water partition coefficient (Wildman–Crippen LogP) is 4.94. The van der Waals surface area contributed by atoms with Gasteiger partial charge in [-0.05, 0) is 54.9 Å². The Morgan fingerprint density at radius 3 is 2.24 bits per heavy atom. The highest BCUT2D eigenvalue weighted by Gasteiger charge is 2.62. The minimum atomic E-state index is -4.62. The number of carbonyl (C=O) groups is 3. The van der Waals surface area contributed by atoms with Crippen molar-refractivity contribution in [1.82, 2.24) is 4.90 Å². The van der Waals surface area contributed by atoms with Crippen LogP contribution in [0.2, 0.25) is 5.02 Å². The van der Waals surface area contributed by atoms with Crippen molar-refractivity contribution >= 4 is 35.0 Å². The average Bonchev–Trinajstić information content (AvgIpc) is 3.47. The van der Waals surface area contributed by atoms with Crippen LogP contribution in [0.15, 0.2) is 48.5 Å². The largest absolute Gasteiger partial charge is 0.416 e. The van der Waals surface area contributed by atoms with Gasteiger partial charge in [0.25, 0.3) is 0 Å². The summed E-state index contributed by atoms with van der Waals surface area (Å²) in [5, 5.41) is 2.37. The number of hydrogen-bond donors (Lipinski definition) is 1. The van der Waals surface area contributed by atoms with Gasteiger partial charge in [0.05, 0.1) is 28.1 Å². The third-order valence-corrected chi connectivity index (χ3v) is 7.73. The molecular weight excluding hydrogens is 469 g/mol. The number of hydrogen-bond acceptors (Lipinski definition) is 3. The van der Waals surface area contributed by atoms with Gasteiger partial charge in [0, 0.05) is 6.42 Å². The highest BCUT2D eigenvalue weighted by molar-refractivity contribution is 6.33. The van der Waals surface area contributed by atoms with Gasteiger partial charge in [0.15, 0.2) is 0 Å². The first-order chi connectivity index (χ1) is 16.1. The molecule has 3 fully saturated rings. The van der Waals surface area contributed by atoms with E-state index in [9.17, 15) is 27.6 Å². The Morgan fingerprint density at radius 2 is 1.65 bits per heavy atom. The van der Waals surface area contributed by atoms with Gasteiger partial charge >= 0.3 is 6.18 Å². The number of nitrogens with one attached hydrogen (secondary N) is 1. The van der Waals surface area contributed by atoms with Crippen LogP contribution in [0.4, 0.5) is 18.9 Å². The summed E-state index contributed by atoms with van der Waals surface area (Å²) in [7, 11) is 0. The van der Waals surface area contributed by atoms with Crippen LogP contribution >= 0.6 is 11.6 Å². The number of carbonyl (C=O) groups excluding carboxylic acids is 3. The number of amides is 3. The van der Waals surface area contributed by atoms with Crippen molar-refractivity contribution in [2.24, 2.45) is 23.7 Å². The second-order valence-electron chi connectivity index (χ2n) is 9.32. The molecule has 2 aromatic rings. The summed E-state index contributed by atoms with van der Waals surface area (Å²) in [5.41, 5.74) is -0.469. The van der Waals surface area contributed by atoms with E-state index in [0.717, 1.165) is 47.9 Å². The fraction of sp³-hybridized carbons (Fsp3) is 0.400. The van der Waals surface area contributed by atoms with E-state index in [1.54, 1.807) is 30.3 Å². The molecule has 5 rings (SSSR count). The Bertz CT molecular complexity index is 1130. The molecule has 0 spiro atoms. The van der Waals surface area contributed by atoms with Crippen LogP contribution in [0, 0.1) is 23.7 Å². The zero-order valence-electron chi connectivity index (χ0n) is 18.0. The summed E-state index contributed by atoms with van der Waals surface area (Å²) in [6.45, 7) is 0. The molecule has 2 aliphatic carbocycles. The van der Waals surface area contributed by atoms with Crippen LogP contribution in [0.25, 0.3) is 0 Å². The Hall–Kier alpha value is -2.87. The lowest BCUT2D eigenvalue weighted by atomic mass is 9.81. The molecule has 2 saturated carbocycles. The number of alkyl halides is 3. The predicted molar refractivity (Wildman–Crippen MR) is 119 cm³/mol. The van der Waals surface area contributed by atoms with Crippen LogP contribution in [0.1, 0.15) is 30.4 Å². The third-order valence-electron chi connectivity index (χ3n) is 7.40. The first-order valence-corrected chi connectivity index (χ1v) is 11.6. The first-order valence-electron chi connectivity index (χ1n) is 11.2. The highest BCUT2D eigenvalue weighted by Crippen LogP contribution is 2.56. The molecule has 0 aromatic heterocycles. The van der Waals surface area contributed by atoms with Crippen molar-refractivity contribution in [3.8, 4) is 0 Å². The normalized spacial score (nSPS) is 26.6. The van der Waals surface area contributed by atoms with Crippen molar-refractivity contribution in [2.75, 3.05) is 5.32 Å². The second kappa shape index (κ2) is 8.41. The molecule has 0 radical (unpaired) electrons. The van der Waals surface area contributed by atoms with E-state index in [2.05, 4.69) is 5.32 Å². The van der Waals surface area contributed by atoms with Crippen LogP contribution in [-0.4, -0.2) is 28.7 Å². The number of likely N-dealkylation sites (tertiary alicyclic amines) is 1. The maximum Gasteiger partial charge on any atom is 0.416 e. The van der Waals surface area contributed by atoms with Crippen molar-refractivity contribution in [3.63, 3.8) is 0 Å². The van der Waals surface area contributed by atoms with Crippen LogP contribution in [-0.2, 0) is 27.0 Å². The average molecular weight is 491 g/mol. The molecule has 5 atom stereocenters. The molecule has 1 N–H and O–H groups in total. The topological polar surface area (TPSA) is 66.5 Å². The van der Waals surface area contributed by atoms with E-state index in [4.69, 9.17) is 11.6 Å². The molecule has 9 heteroatoms. The number of rotatable bonds is 5. The number of nitrogens with zero attached hydrogens (tertiary/aromatic N) is 1. The van der Waals surface area contributed by atoms with E-state index in [1.165, 1.54) is 0 Å². The molecule has 2 bridgehead atoms. The smallest absolute Gasteiger partial charge is 0.323 e. The van der Waals surface area contributed by atoms with Gasteiger partial charge in [0.1, 0.15) is 6.04 Å². The van der Waals surface area contributed by atoms with Crippen molar-refractivity contribution in [3.05, 3.63) is 64.7 Å². The van der Waals surface area contributed by atoms with E-state index in [1.807, 2.05) is 0 Å². The molecular formula is C25H22ClF3N2O3. The number of benzene rings is 2. The lowest BCUT2D eigenvalue weighted by Crippen LogP contribution is -2.49. The lowest BCUT2D eigenvalue weighted by Gasteiger charge is -2.27. The number of halogens is 4. The van der Waals surface area contributed by atoms with Crippen LogP contribution in [0.3, 0.4) is 0 Å². The summed E-state index contributed by atoms with van der Waals surface area (Å²) in [5.74, 6) is -1.98. The Labute approximate surface area is 199 Å². The quantitative estimate of drug-likeness (QED) is 0.604. The third kappa shape index (κ3) is 3.87. The van der Waals surface area contributed by atoms with Crippen molar-refractivity contribution in [2.45, 2.75) is 37.9 Å². The number of fused-ring (bicyclic) bond motifs is 5. The van der Waals surface area contributed by atoms with E-state index >= 15 is 0 Å². The first kappa shape index (κ1) is 22.9. The van der Waals surface area contributed by atoms with Gasteiger partial charge in [-0.1, -0.05) is 41.9 Å². The maximum atomic E-state index is 13.4. The summed E-state index contributed by atoms with van der Waals surface area (Å²) in [6, 6.07) is 10.3. The van der Waals surface area contributed by atoms with Gasteiger partial charge in [-0.3, -0.25) is 19.3 Å². The molecule has 5 nitrogen and oxygen atoms in total. The fourth-order valence-corrected chi connectivity index (χ4v) is 6.06. The Balaban J connectivity index is 1.47. The van der Waals surface area contributed by atoms with Gasteiger partial charge in [-0.15, -0.1) is 0 Å². The maximum absolute atomic E-state index is 13.4. The minimum absolute atomic E-state index is 0.0511. The highest BCUT2D eigenvalue weighted by atomic mass is 35.5. The molecule has 1 heterocycles. The van der Waals surface area contributed by atoms with Gasteiger partial charge in [-0.25, -0.2) is 0 Å². The van der Waals surface area contributed by atoms with E-state index < -0.39 is 35.5 Å². The van der Waals surface area contributed by atoms with Gasteiger partial charge in [0.2, 0.25) is 17.7 Å². The molecule has 3 aliphatic rings. The molecule has 2 aromatic carbocycles. The van der Waals surface area contributed by atoms with E-state index in [0.29, 0.717) is 0 Å². The molecule has 3 amide bonds. The number of anilines is 1. The zero-order chi connectivity index (χ0) is 24.2. The molecule has 1 aliphatic heterocycles. The van der Waals surface area contributed by atoms with Gasteiger partial charge < -0.3 is 5.32 Å². The van der Waals surface area contributed by atoms with Crippen molar-refractivity contribution < 1.29 is 27.6 Å². The minimum Gasteiger partial charge on any atom is -0.323 e. The fourth-order valence-electron chi connectivity index (χ4n) is 5.89. The second-order valence-corrected chi connectivity index (χ2v) is 9.73. The summed E-state index contributed by atoms with van der Waals surface area (Å²) >= 11 is 6.07. The standard InChI is InChI=1S/C25H22ClF3N2O3/c26-17-9-8-16(25(27,28)29)12-18(17)30-22(32)19(10-13-4-2-1-3-5-13)31-23(33)20-14-6-7-15(11-14)21(20)24(31)34/h1-5,8-9,12,14-15,19-21H,6-7,10-11H2,(H,30,32)/t14-,15+,19-,20-,21-/m0/s1. The van der Waals surface area contributed by atoms with Crippen LogP contribution in [0.5, 0.6) is 0 Å². The summed E-state index contributed by atoms with van der Waals surface area (Å²) in [4.78, 5) is 41.2. The Kier molecular flexibility index (Phi) is 5.67. The number of imide groups is 1. The SMILES string of the molecule is O=C(Nc1cc(C(F)(F)F)ccc1Cl)[C@H](Cc1ccccc1)N1C(=O)[C@H]2[C@@H]3CC[C@@H](C3)[C@@H]2C1=O. The molecule has 0 unspecified atom stereocenters. The van der Waals surface area contributed by atoms with Crippen molar-refractivity contribution in [1.29, 1.82) is 0 Å². The zero-order valence-corrected chi connectivity index (χ0v) is 18.8. The van der Waals surface area contributed by atoms with E-state index in [-0.39, 0.29) is 40.8 Å².